The second-order valence-electron chi connectivity index (χ2n) is 9.30. The van der Waals surface area contributed by atoms with Crippen molar-refractivity contribution in [1.29, 1.82) is 0 Å². The molecule has 42 heavy (non-hydrogen) atoms. The summed E-state index contributed by atoms with van der Waals surface area (Å²) in [5.74, 6) is 1.15. The molecule has 3 N–H and O–H groups in total. The summed E-state index contributed by atoms with van der Waals surface area (Å²) in [5, 5.41) is 30.1. The second-order valence-corrected chi connectivity index (χ2v) is 9.30. The molecule has 0 spiro atoms. The van der Waals surface area contributed by atoms with Crippen LogP contribution in [0.2, 0.25) is 0 Å². The van der Waals surface area contributed by atoms with E-state index < -0.39 is 10.9 Å². The van der Waals surface area contributed by atoms with Crippen LogP contribution in [0.15, 0.2) is 97.3 Å². The smallest absolute Gasteiger partial charge is 0.197 e. The predicted molar refractivity (Wildman–Crippen MR) is 154 cm³/mol. The Morgan fingerprint density at radius 1 is 0.571 bits per heavy atom. The number of benzene rings is 4. The van der Waals surface area contributed by atoms with E-state index in [1.54, 1.807) is 42.5 Å². The van der Waals surface area contributed by atoms with Gasteiger partial charge in [-0.15, -0.1) is 0 Å². The maximum absolute atomic E-state index is 12.8. The van der Waals surface area contributed by atoms with Crippen molar-refractivity contribution in [3.8, 4) is 62.9 Å². The van der Waals surface area contributed by atoms with Crippen LogP contribution in [0.25, 0.3) is 44.6 Å². The average Bonchev–Trinajstić information content (AvgIpc) is 2.96. The molecule has 0 amide bonds. The lowest BCUT2D eigenvalue weighted by molar-refractivity contribution is 0.379. The van der Waals surface area contributed by atoms with Gasteiger partial charge in [-0.25, -0.2) is 0 Å². The fourth-order valence-electron chi connectivity index (χ4n) is 4.62. The largest absolute Gasteiger partial charge is 0.508 e. The Morgan fingerprint density at radius 2 is 1.17 bits per heavy atom. The zero-order chi connectivity index (χ0) is 29.5. The van der Waals surface area contributed by atoms with E-state index in [9.17, 15) is 24.9 Å². The third-order valence-electron chi connectivity index (χ3n) is 6.63. The molecule has 4 aromatic carbocycles. The fourth-order valence-corrected chi connectivity index (χ4v) is 4.62. The highest BCUT2D eigenvalue weighted by molar-refractivity contribution is 5.87. The maximum Gasteiger partial charge on any atom is 0.197 e. The molecule has 0 aliphatic rings. The van der Waals surface area contributed by atoms with Crippen molar-refractivity contribution in [3.05, 3.63) is 99.3 Å². The summed E-state index contributed by atoms with van der Waals surface area (Å²) in [5.41, 5.74) is 0.403. The van der Waals surface area contributed by atoms with Crippen molar-refractivity contribution in [2.24, 2.45) is 0 Å². The van der Waals surface area contributed by atoms with Crippen LogP contribution in [0, 0.1) is 0 Å². The second kappa shape index (κ2) is 10.3. The van der Waals surface area contributed by atoms with Gasteiger partial charge in [0.2, 0.25) is 0 Å². The quantitative estimate of drug-likeness (QED) is 0.214. The van der Waals surface area contributed by atoms with E-state index >= 15 is 0 Å². The van der Waals surface area contributed by atoms with Crippen LogP contribution in [0.1, 0.15) is 0 Å². The normalized spacial score (nSPS) is 11.1. The summed E-state index contributed by atoms with van der Waals surface area (Å²) in [7, 11) is 2.94. The molecule has 0 atom stereocenters. The van der Waals surface area contributed by atoms with Crippen LogP contribution in [0.3, 0.4) is 0 Å². The zero-order valence-electron chi connectivity index (χ0n) is 22.2. The molecule has 0 radical (unpaired) electrons. The summed E-state index contributed by atoms with van der Waals surface area (Å²) in [6.45, 7) is 0. The molecule has 6 aromatic rings. The summed E-state index contributed by atoms with van der Waals surface area (Å²) in [6.07, 6.45) is 0. The number of hydrogen-bond acceptors (Lipinski definition) is 10. The molecule has 2 aromatic heterocycles. The van der Waals surface area contributed by atoms with Crippen molar-refractivity contribution >= 4 is 21.9 Å². The van der Waals surface area contributed by atoms with Gasteiger partial charge in [-0.2, -0.15) is 0 Å². The molecule has 0 saturated carbocycles. The molecule has 10 nitrogen and oxygen atoms in total. The van der Waals surface area contributed by atoms with E-state index in [2.05, 4.69) is 0 Å². The molecular weight excluding hydrogens is 544 g/mol. The first-order valence-corrected chi connectivity index (χ1v) is 12.6. The van der Waals surface area contributed by atoms with E-state index in [1.165, 1.54) is 44.6 Å². The van der Waals surface area contributed by atoms with Crippen LogP contribution < -0.4 is 25.1 Å². The van der Waals surface area contributed by atoms with E-state index in [4.69, 9.17) is 23.0 Å². The summed E-state index contributed by atoms with van der Waals surface area (Å²) >= 11 is 0. The van der Waals surface area contributed by atoms with Gasteiger partial charge in [-0.1, -0.05) is 0 Å². The minimum Gasteiger partial charge on any atom is -0.508 e. The zero-order valence-corrected chi connectivity index (χ0v) is 22.2. The van der Waals surface area contributed by atoms with Crippen molar-refractivity contribution < 1.29 is 38.4 Å². The Bertz CT molecular complexity index is 2110. The van der Waals surface area contributed by atoms with Gasteiger partial charge in [0.1, 0.15) is 62.2 Å². The highest BCUT2D eigenvalue weighted by Crippen LogP contribution is 2.38. The molecule has 6 rings (SSSR count). The lowest BCUT2D eigenvalue weighted by Crippen LogP contribution is -2.01. The van der Waals surface area contributed by atoms with Gasteiger partial charge < -0.3 is 38.4 Å². The van der Waals surface area contributed by atoms with E-state index in [0.717, 1.165) is 6.07 Å². The van der Waals surface area contributed by atoms with Crippen LogP contribution >= 0.6 is 0 Å². The van der Waals surface area contributed by atoms with Crippen molar-refractivity contribution in [1.82, 2.24) is 0 Å². The van der Waals surface area contributed by atoms with Gasteiger partial charge in [0, 0.05) is 47.5 Å². The van der Waals surface area contributed by atoms with Gasteiger partial charge in [0.05, 0.1) is 14.2 Å². The Kier molecular flexibility index (Phi) is 6.43. The third kappa shape index (κ3) is 4.71. The summed E-state index contributed by atoms with van der Waals surface area (Å²) in [4.78, 5) is 25.4. The molecule has 0 bridgehead atoms. The number of hydrogen-bond donors (Lipinski definition) is 3. The first kappa shape index (κ1) is 26.3. The third-order valence-corrected chi connectivity index (χ3v) is 6.63. The summed E-state index contributed by atoms with van der Waals surface area (Å²) in [6, 6.07) is 19.4. The highest BCUT2D eigenvalue weighted by Gasteiger charge is 2.16. The highest BCUT2D eigenvalue weighted by atomic mass is 16.5. The van der Waals surface area contributed by atoms with E-state index in [-0.39, 0.29) is 50.7 Å². The molecule has 0 fully saturated rings. The van der Waals surface area contributed by atoms with Crippen molar-refractivity contribution in [2.75, 3.05) is 14.2 Å². The first-order chi connectivity index (χ1) is 20.2. The Labute approximate surface area is 236 Å². The van der Waals surface area contributed by atoms with Crippen LogP contribution in [0.4, 0.5) is 0 Å². The molecule has 0 aliphatic heterocycles. The topological polar surface area (TPSA) is 149 Å². The van der Waals surface area contributed by atoms with Crippen molar-refractivity contribution in [3.63, 3.8) is 0 Å². The number of ether oxygens (including phenoxy) is 3. The van der Waals surface area contributed by atoms with Crippen LogP contribution in [-0.2, 0) is 0 Å². The molecule has 0 aliphatic carbocycles. The van der Waals surface area contributed by atoms with E-state index in [1.807, 2.05) is 0 Å². The SMILES string of the molecule is COc1cc(O)c2c(=O)cc(-c3ccc(OC)c(Oc4ccc(-c5cc(=O)c6c(O)cc(O)cc6o5)cc4)c3)oc2c1. The molecule has 210 valence electrons. The Morgan fingerprint density at radius 3 is 1.81 bits per heavy atom. The Balaban J connectivity index is 1.33. The van der Waals surface area contributed by atoms with E-state index in [0.29, 0.717) is 34.1 Å². The average molecular weight is 567 g/mol. The molecule has 0 saturated heterocycles. The molecular formula is C32H22O10. The van der Waals surface area contributed by atoms with Gasteiger partial charge >= 0.3 is 0 Å². The van der Waals surface area contributed by atoms with Crippen LogP contribution in [-0.4, -0.2) is 29.5 Å². The summed E-state index contributed by atoms with van der Waals surface area (Å²) < 4.78 is 28.4. The monoisotopic (exact) mass is 566 g/mol. The van der Waals surface area contributed by atoms with Crippen LogP contribution in [0.5, 0.6) is 40.2 Å². The first-order valence-electron chi connectivity index (χ1n) is 12.6. The number of aromatic hydroxyl groups is 3. The lowest BCUT2D eigenvalue weighted by atomic mass is 10.1. The minimum atomic E-state index is -0.459. The fraction of sp³-hybridized carbons (Fsp3) is 0.0625. The number of rotatable bonds is 6. The Hall–Kier alpha value is -5.90. The molecule has 2 heterocycles. The van der Waals surface area contributed by atoms with Gasteiger partial charge in [0.25, 0.3) is 0 Å². The van der Waals surface area contributed by atoms with Gasteiger partial charge in [-0.3, -0.25) is 9.59 Å². The number of phenols is 3. The van der Waals surface area contributed by atoms with Gasteiger partial charge in [-0.05, 0) is 42.5 Å². The number of fused-ring (bicyclic) bond motifs is 2. The lowest BCUT2D eigenvalue weighted by Gasteiger charge is -2.13. The molecule has 0 unspecified atom stereocenters. The number of phenolic OH excluding ortho intramolecular Hbond substituents is 3. The minimum absolute atomic E-state index is 0.0262. The standard InChI is InChI=1S/C32H22O10/c1-38-20-12-22(35)32-24(37)15-27(42-30(32)13-20)17-5-8-25(39-2)28(9-17)40-19-6-3-16(4-7-19)26-14-23(36)31-21(34)10-18(33)11-29(31)41-26/h3-15,33-35H,1-2H3. The maximum atomic E-state index is 12.8. The van der Waals surface area contributed by atoms with Gasteiger partial charge in [0.15, 0.2) is 22.4 Å². The van der Waals surface area contributed by atoms with Crippen molar-refractivity contribution in [2.45, 2.75) is 0 Å². The molecule has 10 heteroatoms. The predicted octanol–water partition coefficient (Wildman–Crippen LogP) is 6.16. The number of methoxy groups -OCH3 is 2.